The van der Waals surface area contributed by atoms with E-state index in [4.69, 9.17) is 19.9 Å². The van der Waals surface area contributed by atoms with Crippen LogP contribution in [0.3, 0.4) is 0 Å². The Hall–Kier alpha value is -1.72. The van der Waals surface area contributed by atoms with Crippen molar-refractivity contribution in [1.29, 1.82) is 0 Å². The first-order valence-corrected chi connectivity index (χ1v) is 6.68. The summed E-state index contributed by atoms with van der Waals surface area (Å²) in [5, 5.41) is 2.00. The molecule has 102 valence electrons. The van der Waals surface area contributed by atoms with Gasteiger partial charge in [-0.25, -0.2) is 0 Å². The number of benzene rings is 1. The predicted octanol–water partition coefficient (Wildman–Crippen LogP) is 2.82. The second-order valence-electron chi connectivity index (χ2n) is 3.92. The molecule has 0 amide bonds. The molecule has 1 aromatic carbocycles. The van der Waals surface area contributed by atoms with Crippen LogP contribution in [0.2, 0.25) is 0 Å². The molecule has 0 spiro atoms. The molecule has 0 bridgehead atoms. The maximum absolute atomic E-state index is 6.29. The monoisotopic (exact) mass is 279 g/mol. The Morgan fingerprint density at radius 3 is 2.26 bits per heavy atom. The Kier molecular flexibility index (Phi) is 4.29. The van der Waals surface area contributed by atoms with Gasteiger partial charge in [-0.1, -0.05) is 6.07 Å². The maximum Gasteiger partial charge on any atom is 0.203 e. The SMILES string of the molecule is COc1ccc([C@H](N)c2cccs2)c(OC)c1OC. The molecule has 0 fully saturated rings. The molecule has 0 aliphatic carbocycles. The highest BCUT2D eigenvalue weighted by Crippen LogP contribution is 2.43. The minimum Gasteiger partial charge on any atom is -0.493 e. The molecule has 1 atom stereocenters. The van der Waals surface area contributed by atoms with E-state index in [1.165, 1.54) is 0 Å². The molecule has 0 saturated heterocycles. The molecular formula is C14H17NO3S. The quantitative estimate of drug-likeness (QED) is 0.914. The van der Waals surface area contributed by atoms with E-state index in [0.29, 0.717) is 17.2 Å². The van der Waals surface area contributed by atoms with Gasteiger partial charge in [0.2, 0.25) is 5.75 Å². The smallest absolute Gasteiger partial charge is 0.203 e. The van der Waals surface area contributed by atoms with Gasteiger partial charge < -0.3 is 19.9 Å². The van der Waals surface area contributed by atoms with Crippen LogP contribution >= 0.6 is 11.3 Å². The third kappa shape index (κ3) is 2.52. The Labute approximate surface area is 116 Å². The van der Waals surface area contributed by atoms with E-state index < -0.39 is 0 Å². The van der Waals surface area contributed by atoms with E-state index in [2.05, 4.69) is 0 Å². The van der Waals surface area contributed by atoms with E-state index in [9.17, 15) is 0 Å². The standard InChI is InChI=1S/C14H17NO3S/c1-16-10-7-6-9(13(17-2)14(10)18-3)12(15)11-5-4-8-19-11/h4-8,12H,15H2,1-3H3/t12-/m0/s1. The van der Waals surface area contributed by atoms with Crippen molar-refractivity contribution in [2.45, 2.75) is 6.04 Å². The average molecular weight is 279 g/mol. The summed E-state index contributed by atoms with van der Waals surface area (Å²) in [7, 11) is 4.78. The highest BCUT2D eigenvalue weighted by Gasteiger charge is 2.21. The van der Waals surface area contributed by atoms with Crippen LogP contribution in [0.4, 0.5) is 0 Å². The summed E-state index contributed by atoms with van der Waals surface area (Å²) in [5.74, 6) is 1.80. The number of methoxy groups -OCH3 is 3. The van der Waals surface area contributed by atoms with Crippen molar-refractivity contribution in [2.75, 3.05) is 21.3 Å². The molecule has 0 radical (unpaired) electrons. The van der Waals surface area contributed by atoms with Gasteiger partial charge in [0.25, 0.3) is 0 Å². The first-order valence-electron chi connectivity index (χ1n) is 5.80. The van der Waals surface area contributed by atoms with E-state index in [0.717, 1.165) is 10.4 Å². The van der Waals surface area contributed by atoms with Crippen LogP contribution < -0.4 is 19.9 Å². The fourth-order valence-corrected chi connectivity index (χ4v) is 2.74. The van der Waals surface area contributed by atoms with Crippen LogP contribution in [-0.4, -0.2) is 21.3 Å². The molecular weight excluding hydrogens is 262 g/mol. The molecule has 4 nitrogen and oxygen atoms in total. The maximum atomic E-state index is 6.29. The van der Waals surface area contributed by atoms with Gasteiger partial charge >= 0.3 is 0 Å². The topological polar surface area (TPSA) is 53.7 Å². The van der Waals surface area contributed by atoms with Gasteiger partial charge in [-0.15, -0.1) is 11.3 Å². The molecule has 0 aliphatic rings. The van der Waals surface area contributed by atoms with Crippen molar-refractivity contribution in [3.05, 3.63) is 40.1 Å². The van der Waals surface area contributed by atoms with Crippen LogP contribution in [0.15, 0.2) is 29.6 Å². The number of thiophene rings is 1. The van der Waals surface area contributed by atoms with Crippen LogP contribution in [0.5, 0.6) is 17.2 Å². The largest absolute Gasteiger partial charge is 0.493 e. The Morgan fingerprint density at radius 1 is 1.00 bits per heavy atom. The molecule has 0 saturated carbocycles. The first kappa shape index (κ1) is 13.7. The van der Waals surface area contributed by atoms with Crippen molar-refractivity contribution in [2.24, 2.45) is 5.73 Å². The summed E-state index contributed by atoms with van der Waals surface area (Å²) in [6.45, 7) is 0. The fourth-order valence-electron chi connectivity index (χ4n) is 1.99. The van der Waals surface area contributed by atoms with Gasteiger partial charge in [0.1, 0.15) is 0 Å². The lowest BCUT2D eigenvalue weighted by Crippen LogP contribution is -2.12. The van der Waals surface area contributed by atoms with Crippen LogP contribution in [0, 0.1) is 0 Å². The van der Waals surface area contributed by atoms with Gasteiger partial charge in [-0.05, 0) is 23.6 Å². The minimum atomic E-state index is -0.241. The van der Waals surface area contributed by atoms with Gasteiger partial charge in [0, 0.05) is 10.4 Å². The second kappa shape index (κ2) is 5.95. The van der Waals surface area contributed by atoms with E-state index >= 15 is 0 Å². The number of rotatable bonds is 5. The number of nitrogens with two attached hydrogens (primary N) is 1. The van der Waals surface area contributed by atoms with Gasteiger partial charge in [-0.3, -0.25) is 0 Å². The van der Waals surface area contributed by atoms with E-state index in [1.54, 1.807) is 32.7 Å². The molecule has 0 unspecified atom stereocenters. The lowest BCUT2D eigenvalue weighted by molar-refractivity contribution is 0.321. The predicted molar refractivity (Wildman–Crippen MR) is 76.4 cm³/mol. The molecule has 1 heterocycles. The Balaban J connectivity index is 2.51. The third-order valence-corrected chi connectivity index (χ3v) is 3.87. The Bertz CT molecular complexity index is 540. The lowest BCUT2D eigenvalue weighted by atomic mass is 10.0. The van der Waals surface area contributed by atoms with Gasteiger partial charge in [-0.2, -0.15) is 0 Å². The number of ether oxygens (including phenoxy) is 3. The zero-order valence-electron chi connectivity index (χ0n) is 11.2. The molecule has 5 heteroatoms. The second-order valence-corrected chi connectivity index (χ2v) is 4.90. The third-order valence-electron chi connectivity index (χ3n) is 2.92. The average Bonchev–Trinajstić information content (AvgIpc) is 2.98. The van der Waals surface area contributed by atoms with Crippen molar-refractivity contribution in [3.8, 4) is 17.2 Å². The van der Waals surface area contributed by atoms with Crippen molar-refractivity contribution < 1.29 is 14.2 Å². The van der Waals surface area contributed by atoms with Crippen LogP contribution in [0.1, 0.15) is 16.5 Å². The van der Waals surface area contributed by atoms with Gasteiger partial charge in [0.15, 0.2) is 11.5 Å². The molecule has 2 aromatic rings. The summed E-state index contributed by atoms with van der Waals surface area (Å²) in [4.78, 5) is 1.07. The fraction of sp³-hybridized carbons (Fsp3) is 0.286. The molecule has 0 aliphatic heterocycles. The summed E-state index contributed by atoms with van der Waals surface area (Å²) in [5.41, 5.74) is 7.16. The van der Waals surface area contributed by atoms with Crippen molar-refractivity contribution in [1.82, 2.24) is 0 Å². The summed E-state index contributed by atoms with van der Waals surface area (Å²) in [6.07, 6.45) is 0. The van der Waals surface area contributed by atoms with Gasteiger partial charge in [0.05, 0.1) is 27.4 Å². The normalized spacial score (nSPS) is 12.0. The highest BCUT2D eigenvalue weighted by atomic mass is 32.1. The molecule has 2 N–H and O–H groups in total. The van der Waals surface area contributed by atoms with Crippen molar-refractivity contribution >= 4 is 11.3 Å². The van der Waals surface area contributed by atoms with E-state index in [-0.39, 0.29) is 6.04 Å². The van der Waals surface area contributed by atoms with Crippen LogP contribution in [0.25, 0.3) is 0 Å². The highest BCUT2D eigenvalue weighted by molar-refractivity contribution is 7.10. The lowest BCUT2D eigenvalue weighted by Gasteiger charge is -2.19. The Morgan fingerprint density at radius 2 is 1.74 bits per heavy atom. The number of hydrogen-bond acceptors (Lipinski definition) is 5. The summed E-state index contributed by atoms with van der Waals surface area (Å²) < 4.78 is 16.1. The van der Waals surface area contributed by atoms with Crippen molar-refractivity contribution in [3.63, 3.8) is 0 Å². The molecule has 19 heavy (non-hydrogen) atoms. The molecule has 1 aromatic heterocycles. The zero-order valence-corrected chi connectivity index (χ0v) is 12.0. The minimum absolute atomic E-state index is 0.241. The van der Waals surface area contributed by atoms with Crippen LogP contribution in [-0.2, 0) is 0 Å². The first-order chi connectivity index (χ1) is 9.22. The van der Waals surface area contributed by atoms with E-state index in [1.807, 2.05) is 29.6 Å². The number of hydrogen-bond donors (Lipinski definition) is 1. The zero-order chi connectivity index (χ0) is 13.8. The molecule has 2 rings (SSSR count). The summed E-state index contributed by atoms with van der Waals surface area (Å²) >= 11 is 1.62. The summed E-state index contributed by atoms with van der Waals surface area (Å²) in [6, 6.07) is 7.49.